The Kier molecular flexibility index (Phi) is 4.47. The second kappa shape index (κ2) is 6.30. The molecular weight excluding hydrogens is 274 g/mol. The zero-order valence-corrected chi connectivity index (χ0v) is 12.2. The lowest BCUT2D eigenvalue weighted by Crippen LogP contribution is -2.18. The highest BCUT2D eigenvalue weighted by Gasteiger charge is 2.16. The Morgan fingerprint density at radius 3 is 2.57 bits per heavy atom. The number of aromatic amines is 1. The summed E-state index contributed by atoms with van der Waals surface area (Å²) in [6.07, 6.45) is 1.35. The van der Waals surface area contributed by atoms with E-state index < -0.39 is 11.4 Å². The summed E-state index contributed by atoms with van der Waals surface area (Å²) in [5.74, 6) is 0.331. The van der Waals surface area contributed by atoms with Crippen LogP contribution >= 0.6 is 0 Å². The number of pyridine rings is 1. The lowest BCUT2D eigenvalue weighted by molar-refractivity contribution is 0.0524. The highest BCUT2D eigenvalue weighted by Crippen LogP contribution is 2.30. The van der Waals surface area contributed by atoms with Gasteiger partial charge in [-0.3, -0.25) is 4.79 Å². The number of hydrogen-bond donors (Lipinski definition) is 1. The van der Waals surface area contributed by atoms with Crippen molar-refractivity contribution >= 4 is 16.9 Å². The van der Waals surface area contributed by atoms with E-state index in [2.05, 4.69) is 4.98 Å². The number of fused-ring (bicyclic) bond motifs is 1. The van der Waals surface area contributed by atoms with E-state index in [9.17, 15) is 9.59 Å². The van der Waals surface area contributed by atoms with Gasteiger partial charge in [-0.25, -0.2) is 4.79 Å². The number of carbonyl (C=O) groups excluding carboxylic acids is 1. The Morgan fingerprint density at radius 2 is 1.95 bits per heavy atom. The monoisotopic (exact) mass is 291 g/mol. The zero-order valence-electron chi connectivity index (χ0n) is 12.2. The first-order valence-electron chi connectivity index (χ1n) is 6.65. The fraction of sp³-hybridized carbons (Fsp3) is 0.333. The lowest BCUT2D eigenvalue weighted by atomic mass is 10.1. The number of rotatable bonds is 5. The van der Waals surface area contributed by atoms with Crippen molar-refractivity contribution in [3.8, 4) is 11.5 Å². The van der Waals surface area contributed by atoms with Crippen LogP contribution in [0.5, 0.6) is 11.5 Å². The minimum atomic E-state index is -0.644. The molecule has 0 aliphatic carbocycles. The van der Waals surface area contributed by atoms with Crippen LogP contribution in [0.1, 0.15) is 24.2 Å². The van der Waals surface area contributed by atoms with Gasteiger partial charge in [0.05, 0.1) is 31.2 Å². The number of methoxy groups -OCH3 is 1. The predicted molar refractivity (Wildman–Crippen MR) is 78.2 cm³/mol. The van der Waals surface area contributed by atoms with Gasteiger partial charge < -0.3 is 19.2 Å². The summed E-state index contributed by atoms with van der Waals surface area (Å²) in [5, 5.41) is 0.352. The van der Waals surface area contributed by atoms with Crippen LogP contribution < -0.4 is 14.9 Å². The molecule has 0 spiro atoms. The van der Waals surface area contributed by atoms with Gasteiger partial charge in [0.1, 0.15) is 5.56 Å². The molecule has 0 bridgehead atoms. The van der Waals surface area contributed by atoms with E-state index in [0.717, 1.165) is 0 Å². The summed E-state index contributed by atoms with van der Waals surface area (Å²) in [6, 6.07) is 3.23. The van der Waals surface area contributed by atoms with Crippen molar-refractivity contribution in [2.75, 3.05) is 20.3 Å². The van der Waals surface area contributed by atoms with Gasteiger partial charge in [0.25, 0.3) is 0 Å². The Hall–Kier alpha value is -2.50. The number of ether oxygens (including phenoxy) is 3. The molecule has 112 valence electrons. The summed E-state index contributed by atoms with van der Waals surface area (Å²) in [4.78, 5) is 27.0. The van der Waals surface area contributed by atoms with Crippen LogP contribution in [0.2, 0.25) is 0 Å². The Morgan fingerprint density at radius 1 is 1.19 bits per heavy atom. The van der Waals surface area contributed by atoms with E-state index >= 15 is 0 Å². The molecule has 1 aromatic carbocycles. The minimum Gasteiger partial charge on any atom is -0.493 e. The molecule has 2 rings (SSSR count). The number of nitrogens with one attached hydrogen (secondary N) is 1. The normalized spacial score (nSPS) is 10.4. The van der Waals surface area contributed by atoms with Gasteiger partial charge in [0.15, 0.2) is 11.5 Å². The van der Waals surface area contributed by atoms with Crippen LogP contribution in [0.15, 0.2) is 23.1 Å². The van der Waals surface area contributed by atoms with Gasteiger partial charge in [0.2, 0.25) is 5.43 Å². The molecule has 0 unspecified atom stereocenters. The van der Waals surface area contributed by atoms with Gasteiger partial charge in [-0.2, -0.15) is 0 Å². The van der Waals surface area contributed by atoms with Gasteiger partial charge >= 0.3 is 5.97 Å². The van der Waals surface area contributed by atoms with Crippen LogP contribution in [-0.4, -0.2) is 31.3 Å². The average molecular weight is 291 g/mol. The minimum absolute atomic E-state index is 0.0306. The van der Waals surface area contributed by atoms with E-state index in [1.165, 1.54) is 13.3 Å². The average Bonchev–Trinajstić information content (AvgIpc) is 2.48. The molecule has 0 radical (unpaired) electrons. The molecular formula is C15H17NO5. The highest BCUT2D eigenvalue weighted by atomic mass is 16.5. The molecule has 6 heteroatoms. The van der Waals surface area contributed by atoms with Crippen LogP contribution in [0, 0.1) is 0 Å². The van der Waals surface area contributed by atoms with Gasteiger partial charge in [-0.05, 0) is 19.9 Å². The Labute approximate surface area is 121 Å². The molecule has 0 saturated heterocycles. The van der Waals surface area contributed by atoms with E-state index in [0.29, 0.717) is 29.0 Å². The van der Waals surface area contributed by atoms with Crippen molar-refractivity contribution in [1.29, 1.82) is 0 Å². The van der Waals surface area contributed by atoms with Gasteiger partial charge in [-0.15, -0.1) is 0 Å². The fourth-order valence-corrected chi connectivity index (χ4v) is 2.02. The van der Waals surface area contributed by atoms with Crippen LogP contribution in [0.25, 0.3) is 10.9 Å². The number of H-pyrrole nitrogens is 1. The lowest BCUT2D eigenvalue weighted by Gasteiger charge is -2.11. The molecule has 1 N–H and O–H groups in total. The third-order valence-electron chi connectivity index (χ3n) is 2.96. The fourth-order valence-electron chi connectivity index (χ4n) is 2.02. The van der Waals surface area contributed by atoms with Crippen molar-refractivity contribution < 1.29 is 19.0 Å². The first-order valence-corrected chi connectivity index (χ1v) is 6.65. The molecule has 0 saturated carbocycles. The number of benzene rings is 1. The molecule has 0 amide bonds. The maximum atomic E-state index is 12.4. The van der Waals surface area contributed by atoms with Crippen molar-refractivity contribution in [2.24, 2.45) is 0 Å². The molecule has 1 aromatic heterocycles. The SMILES string of the molecule is CCOC(=O)c1c[nH]c2cc(OC)c(OCC)cc2c1=O. The van der Waals surface area contributed by atoms with E-state index in [4.69, 9.17) is 14.2 Å². The van der Waals surface area contributed by atoms with Crippen molar-refractivity contribution in [3.63, 3.8) is 0 Å². The standard InChI is InChI=1S/C15H17NO5/c1-4-20-13-6-9-11(7-12(13)19-3)16-8-10(14(9)17)15(18)21-5-2/h6-8H,4-5H2,1-3H3,(H,16,17). The Balaban J connectivity index is 2.63. The molecule has 6 nitrogen and oxygen atoms in total. The largest absolute Gasteiger partial charge is 0.493 e. The summed E-state index contributed by atoms with van der Waals surface area (Å²) in [5.41, 5.74) is 0.135. The topological polar surface area (TPSA) is 77.6 Å². The number of carbonyl (C=O) groups is 1. The second-order valence-electron chi connectivity index (χ2n) is 4.23. The summed E-state index contributed by atoms with van der Waals surface area (Å²) < 4.78 is 15.5. The first-order chi connectivity index (χ1) is 10.1. The van der Waals surface area contributed by atoms with Crippen molar-refractivity contribution in [1.82, 2.24) is 4.98 Å². The third kappa shape index (κ3) is 2.84. The third-order valence-corrected chi connectivity index (χ3v) is 2.96. The van der Waals surface area contributed by atoms with E-state index in [1.807, 2.05) is 6.92 Å². The second-order valence-corrected chi connectivity index (χ2v) is 4.23. The molecule has 21 heavy (non-hydrogen) atoms. The number of esters is 1. The predicted octanol–water partition coefficient (Wildman–Crippen LogP) is 2.11. The molecule has 0 atom stereocenters. The number of hydrogen-bond acceptors (Lipinski definition) is 5. The molecule has 0 aliphatic rings. The quantitative estimate of drug-likeness (QED) is 0.854. The molecule has 0 aliphatic heterocycles. The van der Waals surface area contributed by atoms with Crippen molar-refractivity contribution in [2.45, 2.75) is 13.8 Å². The summed E-state index contributed by atoms with van der Waals surface area (Å²) in [7, 11) is 1.52. The maximum Gasteiger partial charge on any atom is 0.343 e. The Bertz CT molecular complexity index is 720. The number of aromatic nitrogens is 1. The maximum absolute atomic E-state index is 12.4. The van der Waals surface area contributed by atoms with Crippen molar-refractivity contribution in [3.05, 3.63) is 34.1 Å². The van der Waals surface area contributed by atoms with Gasteiger partial charge in [-0.1, -0.05) is 0 Å². The highest BCUT2D eigenvalue weighted by molar-refractivity contribution is 5.94. The molecule has 0 fully saturated rings. The summed E-state index contributed by atoms with van der Waals surface area (Å²) in [6.45, 7) is 4.18. The van der Waals surface area contributed by atoms with Crippen LogP contribution in [0.3, 0.4) is 0 Å². The smallest absolute Gasteiger partial charge is 0.343 e. The van der Waals surface area contributed by atoms with E-state index in [-0.39, 0.29) is 12.2 Å². The van der Waals surface area contributed by atoms with Crippen LogP contribution in [-0.2, 0) is 4.74 Å². The van der Waals surface area contributed by atoms with Crippen LogP contribution in [0.4, 0.5) is 0 Å². The molecule has 2 aromatic rings. The molecule has 1 heterocycles. The summed E-state index contributed by atoms with van der Waals surface area (Å²) >= 11 is 0. The van der Waals surface area contributed by atoms with Gasteiger partial charge in [0, 0.05) is 12.3 Å². The van der Waals surface area contributed by atoms with E-state index in [1.54, 1.807) is 19.1 Å². The first kappa shape index (κ1) is 14.9. The zero-order chi connectivity index (χ0) is 15.4.